The van der Waals surface area contributed by atoms with Crippen LogP contribution in [0.4, 0.5) is 10.1 Å². The summed E-state index contributed by atoms with van der Waals surface area (Å²) in [7, 11) is 0. The van der Waals surface area contributed by atoms with Crippen molar-refractivity contribution in [2.24, 2.45) is 0 Å². The highest BCUT2D eigenvalue weighted by Gasteiger charge is 2.18. The first kappa shape index (κ1) is 17.7. The van der Waals surface area contributed by atoms with Gasteiger partial charge in [-0.3, -0.25) is 4.79 Å². The molecule has 1 aromatic carbocycles. The maximum atomic E-state index is 13.2. The fraction of sp³-hybridized carbons (Fsp3) is 0.263. The van der Waals surface area contributed by atoms with Crippen molar-refractivity contribution in [3.8, 4) is 5.75 Å². The highest BCUT2D eigenvalue weighted by molar-refractivity contribution is 6.05. The molecule has 0 aliphatic carbocycles. The Balaban J connectivity index is 1.75. The molecule has 0 bridgehead atoms. The Labute approximate surface area is 150 Å². The molecule has 0 aliphatic heterocycles. The molecule has 0 fully saturated rings. The number of rotatable bonds is 5. The van der Waals surface area contributed by atoms with Gasteiger partial charge in [-0.05, 0) is 45.9 Å². The van der Waals surface area contributed by atoms with E-state index in [1.54, 1.807) is 43.7 Å². The molecule has 3 rings (SSSR count). The van der Waals surface area contributed by atoms with Gasteiger partial charge in [-0.25, -0.2) is 9.07 Å². The summed E-state index contributed by atoms with van der Waals surface area (Å²) in [6, 6.07) is 7.60. The van der Waals surface area contributed by atoms with Crippen LogP contribution in [-0.2, 0) is 6.73 Å². The third-order valence-corrected chi connectivity index (χ3v) is 4.06. The predicted octanol–water partition coefficient (Wildman–Crippen LogP) is 4.14. The number of carbonyl (C=O) groups is 1. The molecule has 2 heterocycles. The van der Waals surface area contributed by atoms with E-state index in [1.165, 1.54) is 12.1 Å². The van der Waals surface area contributed by atoms with Gasteiger partial charge in [0.25, 0.3) is 5.91 Å². The third kappa shape index (κ3) is 3.61. The minimum atomic E-state index is -0.366. The quantitative estimate of drug-likeness (QED) is 0.745. The van der Waals surface area contributed by atoms with Gasteiger partial charge in [-0.2, -0.15) is 5.10 Å². The summed E-state index contributed by atoms with van der Waals surface area (Å²) in [5.41, 5.74) is 2.52. The van der Waals surface area contributed by atoms with Crippen LogP contribution in [0, 0.1) is 33.5 Å². The van der Waals surface area contributed by atoms with E-state index in [-0.39, 0.29) is 18.5 Å². The Morgan fingerprint density at radius 3 is 2.69 bits per heavy atom. The first-order chi connectivity index (χ1) is 12.3. The molecule has 136 valence electrons. The van der Waals surface area contributed by atoms with Crippen molar-refractivity contribution in [3.63, 3.8) is 0 Å². The zero-order valence-electron chi connectivity index (χ0n) is 15.1. The molecule has 2 aromatic heterocycles. The van der Waals surface area contributed by atoms with Crippen molar-refractivity contribution in [1.29, 1.82) is 0 Å². The summed E-state index contributed by atoms with van der Waals surface area (Å²) in [5.74, 6) is 1.04. The van der Waals surface area contributed by atoms with Crippen LogP contribution in [0.5, 0.6) is 5.75 Å². The smallest absolute Gasteiger partial charge is 0.259 e. The molecule has 0 aliphatic rings. The van der Waals surface area contributed by atoms with Crippen LogP contribution >= 0.6 is 0 Å². The molecule has 7 heteroatoms. The topological polar surface area (TPSA) is 69.3 Å². The second-order valence-corrected chi connectivity index (χ2v) is 6.06. The maximum absolute atomic E-state index is 13.2. The van der Waals surface area contributed by atoms with Crippen LogP contribution in [0.2, 0.25) is 0 Å². The molecule has 0 radical (unpaired) electrons. The molecule has 26 heavy (non-hydrogen) atoms. The number of nitrogens with one attached hydrogen (secondary N) is 1. The van der Waals surface area contributed by atoms with E-state index in [1.807, 2.05) is 6.92 Å². The van der Waals surface area contributed by atoms with Crippen molar-refractivity contribution >= 4 is 11.6 Å². The minimum Gasteiger partial charge on any atom is -0.471 e. The molecule has 0 atom stereocenters. The number of hydrogen-bond donors (Lipinski definition) is 1. The average molecular weight is 357 g/mol. The van der Waals surface area contributed by atoms with Crippen molar-refractivity contribution in [3.05, 3.63) is 64.6 Å². The Morgan fingerprint density at radius 1 is 1.27 bits per heavy atom. The van der Waals surface area contributed by atoms with Crippen molar-refractivity contribution in [1.82, 2.24) is 9.78 Å². The van der Waals surface area contributed by atoms with E-state index in [0.29, 0.717) is 34.2 Å². The minimum absolute atomic E-state index is 0.107. The zero-order chi connectivity index (χ0) is 18.8. The third-order valence-electron chi connectivity index (χ3n) is 4.06. The molecule has 0 saturated carbocycles. The monoisotopic (exact) mass is 357 g/mol. The summed E-state index contributed by atoms with van der Waals surface area (Å²) >= 11 is 0. The number of anilines is 1. The van der Waals surface area contributed by atoms with Gasteiger partial charge in [0.05, 0.1) is 22.6 Å². The molecule has 0 unspecified atom stereocenters. The summed E-state index contributed by atoms with van der Waals surface area (Å²) in [6.07, 6.45) is 0. The fourth-order valence-corrected chi connectivity index (χ4v) is 2.73. The van der Waals surface area contributed by atoms with Crippen LogP contribution < -0.4 is 10.1 Å². The summed E-state index contributed by atoms with van der Waals surface area (Å²) in [6.45, 7) is 7.28. The summed E-state index contributed by atoms with van der Waals surface area (Å²) in [5, 5.41) is 7.26. The van der Waals surface area contributed by atoms with Crippen LogP contribution in [0.1, 0.15) is 33.3 Å². The Bertz CT molecular complexity index is 959. The molecule has 1 N–H and O–H groups in total. The normalized spacial score (nSPS) is 10.8. The second kappa shape index (κ2) is 7.03. The predicted molar refractivity (Wildman–Crippen MR) is 94.9 cm³/mol. The van der Waals surface area contributed by atoms with Crippen molar-refractivity contribution < 1.29 is 18.3 Å². The van der Waals surface area contributed by atoms with E-state index in [2.05, 4.69) is 10.4 Å². The standard InChI is InChI=1S/C19H20FN3O3/c1-11-8-17(14(4)26-11)19(24)21-18-12(2)22-23(13(18)3)10-25-16-7-5-6-15(20)9-16/h5-9H,10H2,1-4H3,(H,21,24). The molecule has 3 aromatic rings. The van der Waals surface area contributed by atoms with Crippen molar-refractivity contribution in [2.45, 2.75) is 34.4 Å². The molecule has 0 spiro atoms. The molecule has 1 amide bonds. The number of amides is 1. The van der Waals surface area contributed by atoms with Gasteiger partial charge in [0.1, 0.15) is 23.1 Å². The SMILES string of the molecule is Cc1cc(C(=O)Nc2c(C)nn(COc3cccc(F)c3)c2C)c(C)o1. The highest BCUT2D eigenvalue weighted by atomic mass is 19.1. The second-order valence-electron chi connectivity index (χ2n) is 6.06. The number of halogens is 1. The van der Waals surface area contributed by atoms with Crippen LogP contribution in [-0.4, -0.2) is 15.7 Å². The number of aromatic nitrogens is 2. The Hall–Kier alpha value is -3.09. The van der Waals surface area contributed by atoms with Gasteiger partial charge in [-0.15, -0.1) is 0 Å². The highest BCUT2D eigenvalue weighted by Crippen LogP contribution is 2.22. The fourth-order valence-electron chi connectivity index (χ4n) is 2.73. The van der Waals surface area contributed by atoms with E-state index < -0.39 is 0 Å². The van der Waals surface area contributed by atoms with Crippen LogP contribution in [0.3, 0.4) is 0 Å². The number of carbonyl (C=O) groups excluding carboxylic acids is 1. The van der Waals surface area contributed by atoms with Gasteiger partial charge in [-0.1, -0.05) is 6.07 Å². The molecular formula is C19H20FN3O3. The largest absolute Gasteiger partial charge is 0.471 e. The molecule has 6 nitrogen and oxygen atoms in total. The zero-order valence-corrected chi connectivity index (χ0v) is 15.1. The van der Waals surface area contributed by atoms with Gasteiger partial charge < -0.3 is 14.5 Å². The number of ether oxygens (including phenoxy) is 1. The van der Waals surface area contributed by atoms with Crippen LogP contribution in [0.15, 0.2) is 34.7 Å². The van der Waals surface area contributed by atoms with Crippen molar-refractivity contribution in [2.75, 3.05) is 5.32 Å². The van der Waals surface area contributed by atoms with E-state index >= 15 is 0 Å². The summed E-state index contributed by atoms with van der Waals surface area (Å²) < 4.78 is 25.8. The van der Waals surface area contributed by atoms with E-state index in [4.69, 9.17) is 9.15 Å². The number of aryl methyl sites for hydroxylation is 3. The molecular weight excluding hydrogens is 337 g/mol. The first-order valence-electron chi connectivity index (χ1n) is 8.16. The Kier molecular flexibility index (Phi) is 4.79. The number of hydrogen-bond acceptors (Lipinski definition) is 4. The first-order valence-corrected chi connectivity index (χ1v) is 8.16. The maximum Gasteiger partial charge on any atom is 0.259 e. The summed E-state index contributed by atoms with van der Waals surface area (Å²) in [4.78, 5) is 12.5. The van der Waals surface area contributed by atoms with Crippen LogP contribution in [0.25, 0.3) is 0 Å². The number of benzene rings is 1. The number of nitrogens with zero attached hydrogens (tertiary/aromatic N) is 2. The lowest BCUT2D eigenvalue weighted by Gasteiger charge is -2.09. The number of furan rings is 1. The van der Waals surface area contributed by atoms with Gasteiger partial charge >= 0.3 is 0 Å². The van der Waals surface area contributed by atoms with E-state index in [9.17, 15) is 9.18 Å². The molecule has 0 saturated heterocycles. The van der Waals surface area contributed by atoms with Gasteiger partial charge in [0.15, 0.2) is 6.73 Å². The lowest BCUT2D eigenvalue weighted by atomic mass is 10.2. The Morgan fingerprint density at radius 2 is 2.04 bits per heavy atom. The lowest BCUT2D eigenvalue weighted by Crippen LogP contribution is -2.14. The van der Waals surface area contributed by atoms with Gasteiger partial charge in [0, 0.05) is 6.07 Å². The van der Waals surface area contributed by atoms with Gasteiger partial charge in [0.2, 0.25) is 0 Å². The van der Waals surface area contributed by atoms with E-state index in [0.717, 1.165) is 5.69 Å². The lowest BCUT2D eigenvalue weighted by molar-refractivity contribution is 0.102. The average Bonchev–Trinajstić information content (AvgIpc) is 3.06.